The molecule has 1 aliphatic rings. The fourth-order valence-corrected chi connectivity index (χ4v) is 7.06. The van der Waals surface area contributed by atoms with Gasteiger partial charge in [0.25, 0.3) is 11.7 Å². The Labute approximate surface area is 281 Å². The maximum Gasteiger partial charge on any atom is 0.452 e. The number of hydrogen-bond acceptors (Lipinski definition) is 7. The van der Waals surface area contributed by atoms with Crippen molar-refractivity contribution in [3.8, 4) is 5.75 Å². The molecule has 2 unspecified atom stereocenters. The molecule has 0 radical (unpaired) electrons. The number of alkyl halides is 8. The van der Waals surface area contributed by atoms with Crippen molar-refractivity contribution in [3.63, 3.8) is 0 Å². The van der Waals surface area contributed by atoms with Crippen LogP contribution >= 0.6 is 0 Å². The summed E-state index contributed by atoms with van der Waals surface area (Å²) in [5.41, 5.74) is -3.29. The molecule has 3 rings (SSSR count). The van der Waals surface area contributed by atoms with Crippen molar-refractivity contribution in [1.82, 2.24) is 15.5 Å². The van der Waals surface area contributed by atoms with Crippen molar-refractivity contribution in [1.29, 1.82) is 0 Å². The Morgan fingerprint density at radius 3 is 1.94 bits per heavy atom. The molecule has 2 aromatic rings. The molecule has 0 aliphatic carbocycles. The van der Waals surface area contributed by atoms with Crippen LogP contribution in [-0.4, -0.2) is 80.0 Å². The van der Waals surface area contributed by atoms with Crippen LogP contribution < -0.4 is 15.4 Å². The van der Waals surface area contributed by atoms with Crippen LogP contribution in [0.25, 0.3) is 0 Å². The second-order valence-electron chi connectivity index (χ2n) is 11.9. The molecule has 0 spiro atoms. The number of carbonyl (C=O) groups is 4. The number of benzene rings is 2. The van der Waals surface area contributed by atoms with E-state index in [2.05, 4.69) is 0 Å². The summed E-state index contributed by atoms with van der Waals surface area (Å²) < 4.78 is 142. The van der Waals surface area contributed by atoms with E-state index in [0.29, 0.717) is 22.8 Å². The first kappa shape index (κ1) is 40.1. The van der Waals surface area contributed by atoms with Crippen molar-refractivity contribution in [2.75, 3.05) is 13.7 Å². The predicted octanol–water partition coefficient (Wildman–Crippen LogP) is 4.17. The van der Waals surface area contributed by atoms with E-state index in [1.54, 1.807) is 5.32 Å². The molecule has 50 heavy (non-hydrogen) atoms. The smallest absolute Gasteiger partial charge is 0.452 e. The van der Waals surface area contributed by atoms with Gasteiger partial charge in [0.2, 0.25) is 11.8 Å². The molecule has 10 nitrogen and oxygen atoms in total. The minimum Gasteiger partial charge on any atom is -0.497 e. The Morgan fingerprint density at radius 1 is 0.880 bits per heavy atom. The van der Waals surface area contributed by atoms with Gasteiger partial charge in [-0.05, 0) is 43.0 Å². The van der Waals surface area contributed by atoms with Crippen molar-refractivity contribution < 1.29 is 67.5 Å². The van der Waals surface area contributed by atoms with Crippen molar-refractivity contribution in [3.05, 3.63) is 65.2 Å². The lowest BCUT2D eigenvalue weighted by Gasteiger charge is -2.30. The zero-order valence-electron chi connectivity index (χ0n) is 26.9. The van der Waals surface area contributed by atoms with E-state index >= 15 is 8.78 Å². The molecule has 3 amide bonds. The minimum absolute atomic E-state index is 0.259. The van der Waals surface area contributed by atoms with Gasteiger partial charge in [0, 0.05) is 12.1 Å². The summed E-state index contributed by atoms with van der Waals surface area (Å²) in [5.74, 6) is -13.6. The average Bonchev–Trinajstić information content (AvgIpc) is 3.49. The highest BCUT2D eigenvalue weighted by Crippen LogP contribution is 2.39. The molecule has 276 valence electrons. The van der Waals surface area contributed by atoms with E-state index in [0.717, 1.165) is 19.1 Å². The van der Waals surface area contributed by atoms with Gasteiger partial charge in [0.1, 0.15) is 17.8 Å². The summed E-state index contributed by atoms with van der Waals surface area (Å²) >= 11 is 0. The monoisotopic (exact) mass is 743 g/mol. The van der Waals surface area contributed by atoms with Gasteiger partial charge in [0.05, 0.1) is 29.7 Å². The maximum absolute atomic E-state index is 15.1. The fraction of sp³-hybridized carbons (Fsp3) is 0.484. The van der Waals surface area contributed by atoms with Crippen LogP contribution in [0.3, 0.4) is 0 Å². The van der Waals surface area contributed by atoms with Gasteiger partial charge in [-0.2, -0.15) is 35.1 Å². The zero-order chi connectivity index (χ0) is 38.0. The van der Waals surface area contributed by atoms with Gasteiger partial charge in [-0.25, -0.2) is 8.42 Å². The van der Waals surface area contributed by atoms with Gasteiger partial charge in [-0.15, -0.1) is 0 Å². The van der Waals surface area contributed by atoms with Crippen LogP contribution in [-0.2, 0) is 46.9 Å². The molecule has 4 atom stereocenters. The number of methoxy groups -OCH3 is 1. The van der Waals surface area contributed by atoms with Crippen LogP contribution in [0.4, 0.5) is 35.1 Å². The lowest BCUT2D eigenvalue weighted by atomic mass is 9.98. The highest BCUT2D eigenvalue weighted by Gasteiger charge is 2.51. The standard InChI is InChI=1S/C31H33F8N3O7S/c1-16(2)24(25(43)31(37,38)39)41-26(44)23-13-20(50(47,48)15-18-9-11-19(49-4)12-10-18)14-42(23)27(45)17(3)40-28(46)29(32,33)21-7-5-6-8-22(21)30(34,35)36/h5-12,16-17,20,23-24H,13-15H2,1-4H3,(H,40,46)(H,41,44)/t17?,20-,23+,24?/m1/s1. The summed E-state index contributed by atoms with van der Waals surface area (Å²) in [6.45, 7) is 2.42. The fourth-order valence-electron chi connectivity index (χ4n) is 5.31. The Kier molecular flexibility index (Phi) is 12.0. The number of hydrogen-bond donors (Lipinski definition) is 2. The lowest BCUT2D eigenvalue weighted by molar-refractivity contribution is -0.175. The number of ether oxygens (including phenoxy) is 1. The number of likely N-dealkylation sites (tertiary alicyclic amines) is 1. The van der Waals surface area contributed by atoms with E-state index in [1.165, 1.54) is 45.2 Å². The van der Waals surface area contributed by atoms with Crippen molar-refractivity contribution in [2.24, 2.45) is 5.92 Å². The largest absolute Gasteiger partial charge is 0.497 e. The number of carbonyl (C=O) groups excluding carboxylic acids is 4. The van der Waals surface area contributed by atoms with Gasteiger partial charge < -0.3 is 20.3 Å². The Morgan fingerprint density at radius 2 is 1.44 bits per heavy atom. The topological polar surface area (TPSA) is 139 Å². The van der Waals surface area contributed by atoms with Crippen LogP contribution in [0.5, 0.6) is 5.75 Å². The van der Waals surface area contributed by atoms with Crippen LogP contribution in [0.2, 0.25) is 0 Å². The zero-order valence-corrected chi connectivity index (χ0v) is 27.7. The van der Waals surface area contributed by atoms with E-state index in [4.69, 9.17) is 4.74 Å². The molecular formula is C31H33F8N3O7S. The van der Waals surface area contributed by atoms with Gasteiger partial charge in [0.15, 0.2) is 9.84 Å². The normalized spacial score (nSPS) is 18.4. The quantitative estimate of drug-likeness (QED) is 0.312. The molecule has 1 heterocycles. The second kappa shape index (κ2) is 14.9. The Balaban J connectivity index is 1.93. The Hall–Kier alpha value is -4.29. The molecule has 0 bridgehead atoms. The summed E-state index contributed by atoms with van der Waals surface area (Å²) in [7, 11) is -2.88. The summed E-state index contributed by atoms with van der Waals surface area (Å²) in [6, 6.07) is 2.05. The van der Waals surface area contributed by atoms with Crippen LogP contribution in [0.1, 0.15) is 43.9 Å². The third-order valence-electron chi connectivity index (χ3n) is 7.98. The number of halogens is 8. The highest BCUT2D eigenvalue weighted by atomic mass is 32.2. The molecule has 2 aromatic carbocycles. The number of Topliss-reactive ketones (excluding diaryl/α,β-unsaturated/α-hetero) is 1. The molecule has 1 saturated heterocycles. The number of rotatable bonds is 12. The third kappa shape index (κ3) is 9.08. The van der Waals surface area contributed by atoms with E-state index < -0.39 is 111 Å². The Bertz CT molecular complexity index is 1700. The van der Waals surface area contributed by atoms with E-state index in [-0.39, 0.29) is 5.56 Å². The number of ketones is 1. The molecule has 2 N–H and O–H groups in total. The van der Waals surface area contributed by atoms with Crippen LogP contribution in [0.15, 0.2) is 48.5 Å². The number of amides is 3. The molecule has 0 aromatic heterocycles. The summed E-state index contributed by atoms with van der Waals surface area (Å²) in [4.78, 5) is 52.2. The van der Waals surface area contributed by atoms with Crippen molar-refractivity contribution >= 4 is 33.3 Å². The van der Waals surface area contributed by atoms with Gasteiger partial charge in [-0.3, -0.25) is 19.2 Å². The second-order valence-corrected chi connectivity index (χ2v) is 14.2. The van der Waals surface area contributed by atoms with Gasteiger partial charge >= 0.3 is 18.3 Å². The van der Waals surface area contributed by atoms with E-state index in [1.807, 2.05) is 5.32 Å². The number of nitrogens with one attached hydrogen (secondary N) is 2. The first-order chi connectivity index (χ1) is 22.9. The molecule has 0 saturated carbocycles. The van der Waals surface area contributed by atoms with Crippen LogP contribution in [0, 0.1) is 5.92 Å². The number of sulfone groups is 1. The summed E-state index contributed by atoms with van der Waals surface area (Å²) in [5, 5.41) is 1.96. The molecule has 1 aliphatic heterocycles. The van der Waals surface area contributed by atoms with Gasteiger partial charge in [-0.1, -0.05) is 44.2 Å². The predicted molar refractivity (Wildman–Crippen MR) is 160 cm³/mol. The third-order valence-corrected chi connectivity index (χ3v) is 10.1. The summed E-state index contributed by atoms with van der Waals surface area (Å²) in [6.07, 6.45) is -11.4. The van der Waals surface area contributed by atoms with E-state index in [9.17, 15) is 53.9 Å². The maximum atomic E-state index is 15.1. The first-order valence-corrected chi connectivity index (χ1v) is 16.5. The first-order valence-electron chi connectivity index (χ1n) is 14.8. The lowest BCUT2D eigenvalue weighted by Crippen LogP contribution is -2.57. The molecule has 19 heteroatoms. The minimum atomic E-state index is -5.38. The van der Waals surface area contributed by atoms with Crippen molar-refractivity contribution in [2.45, 2.75) is 74.6 Å². The average molecular weight is 744 g/mol. The molecule has 1 fully saturated rings. The number of nitrogens with zero attached hydrogens (tertiary/aromatic N) is 1. The highest BCUT2D eigenvalue weighted by molar-refractivity contribution is 7.91. The SMILES string of the molecule is COc1ccc(CS(=O)(=O)[C@@H]2C[C@@H](C(=O)NC(C(=O)C(F)(F)F)C(C)C)N(C(=O)C(C)NC(=O)C(F)(F)c3ccccc3C(F)(F)F)C2)cc1. The molecular weight excluding hydrogens is 710 g/mol.